The lowest BCUT2D eigenvalue weighted by molar-refractivity contribution is -0.116. The van der Waals surface area contributed by atoms with E-state index in [0.29, 0.717) is 12.8 Å². The predicted molar refractivity (Wildman–Crippen MR) is 92.8 cm³/mol. The number of carbonyl (C=O) groups is 1. The average Bonchev–Trinajstić information content (AvgIpc) is 2.61. The van der Waals surface area contributed by atoms with Gasteiger partial charge in [-0.3, -0.25) is 4.79 Å². The molecule has 0 unspecified atom stereocenters. The number of aryl methyl sites for hydroxylation is 1. The van der Waals surface area contributed by atoms with E-state index in [-0.39, 0.29) is 11.7 Å². The molecule has 1 aliphatic rings. The molecular formula is C19H21FN2O2. The fourth-order valence-electron chi connectivity index (χ4n) is 2.78. The van der Waals surface area contributed by atoms with Crippen molar-refractivity contribution < 1.29 is 13.9 Å². The Morgan fingerprint density at radius 3 is 2.71 bits per heavy atom. The van der Waals surface area contributed by atoms with Gasteiger partial charge in [0, 0.05) is 30.9 Å². The molecule has 1 N–H and O–H groups in total. The quantitative estimate of drug-likeness (QED) is 0.916. The maximum atomic E-state index is 13.1. The highest BCUT2D eigenvalue weighted by atomic mass is 19.1. The van der Waals surface area contributed by atoms with E-state index in [1.54, 1.807) is 6.07 Å². The number of anilines is 2. The summed E-state index contributed by atoms with van der Waals surface area (Å²) in [5, 5.41) is 2.92. The van der Waals surface area contributed by atoms with Crippen molar-refractivity contribution in [1.29, 1.82) is 0 Å². The van der Waals surface area contributed by atoms with Crippen molar-refractivity contribution in [3.8, 4) is 0 Å². The third-order valence-electron chi connectivity index (χ3n) is 4.04. The third kappa shape index (κ3) is 4.55. The summed E-state index contributed by atoms with van der Waals surface area (Å²) in [6.45, 7) is 3.17. The number of hydrogen-bond acceptors (Lipinski definition) is 3. The van der Waals surface area contributed by atoms with Crippen molar-refractivity contribution in [1.82, 2.24) is 0 Å². The second-order valence-corrected chi connectivity index (χ2v) is 5.83. The summed E-state index contributed by atoms with van der Waals surface area (Å²) in [7, 11) is 0. The molecule has 0 spiro atoms. The van der Waals surface area contributed by atoms with Gasteiger partial charge in [-0.1, -0.05) is 18.2 Å². The van der Waals surface area contributed by atoms with E-state index < -0.39 is 0 Å². The van der Waals surface area contributed by atoms with Crippen LogP contribution < -0.4 is 10.2 Å². The molecule has 1 heterocycles. The molecule has 1 aliphatic heterocycles. The molecule has 2 aromatic carbocycles. The summed E-state index contributed by atoms with van der Waals surface area (Å²) in [5.41, 5.74) is 2.69. The zero-order chi connectivity index (χ0) is 16.8. The Morgan fingerprint density at radius 1 is 1.12 bits per heavy atom. The van der Waals surface area contributed by atoms with E-state index >= 15 is 0 Å². The molecule has 126 valence electrons. The summed E-state index contributed by atoms with van der Waals surface area (Å²) >= 11 is 0. The van der Waals surface area contributed by atoms with Crippen molar-refractivity contribution in [3.63, 3.8) is 0 Å². The molecule has 1 amide bonds. The Bertz CT molecular complexity index is 699. The largest absolute Gasteiger partial charge is 0.378 e. The van der Waals surface area contributed by atoms with Crippen molar-refractivity contribution in [2.75, 3.05) is 36.5 Å². The number of ether oxygens (including phenoxy) is 1. The zero-order valence-electron chi connectivity index (χ0n) is 13.5. The van der Waals surface area contributed by atoms with Crippen LogP contribution in [0.5, 0.6) is 0 Å². The monoisotopic (exact) mass is 328 g/mol. The maximum Gasteiger partial charge on any atom is 0.224 e. The number of hydrogen-bond donors (Lipinski definition) is 1. The predicted octanol–water partition coefficient (Wildman–Crippen LogP) is 3.23. The average molecular weight is 328 g/mol. The van der Waals surface area contributed by atoms with Crippen LogP contribution in [0.4, 0.5) is 15.8 Å². The Hall–Kier alpha value is -2.40. The minimum Gasteiger partial charge on any atom is -0.378 e. The highest BCUT2D eigenvalue weighted by Gasteiger charge is 2.12. The lowest BCUT2D eigenvalue weighted by Crippen LogP contribution is -2.36. The Labute approximate surface area is 141 Å². The number of nitrogens with one attached hydrogen (secondary N) is 1. The van der Waals surface area contributed by atoms with E-state index in [1.165, 1.54) is 12.1 Å². The number of amides is 1. The van der Waals surface area contributed by atoms with Gasteiger partial charge in [0.05, 0.1) is 13.2 Å². The van der Waals surface area contributed by atoms with Gasteiger partial charge in [-0.05, 0) is 42.3 Å². The molecule has 0 radical (unpaired) electrons. The van der Waals surface area contributed by atoms with Crippen LogP contribution in [-0.4, -0.2) is 32.2 Å². The Balaban J connectivity index is 1.56. The molecule has 1 saturated heterocycles. The van der Waals surface area contributed by atoms with Gasteiger partial charge in [0.15, 0.2) is 0 Å². The molecule has 2 aromatic rings. The van der Waals surface area contributed by atoms with E-state index in [4.69, 9.17) is 4.74 Å². The molecule has 0 atom stereocenters. The summed E-state index contributed by atoms with van der Waals surface area (Å²) in [6, 6.07) is 14.2. The van der Waals surface area contributed by atoms with E-state index in [0.717, 1.165) is 43.2 Å². The first-order chi connectivity index (χ1) is 11.7. The van der Waals surface area contributed by atoms with Gasteiger partial charge in [-0.15, -0.1) is 0 Å². The Kier molecular flexibility index (Phi) is 5.43. The topological polar surface area (TPSA) is 41.6 Å². The van der Waals surface area contributed by atoms with Crippen molar-refractivity contribution in [3.05, 3.63) is 59.9 Å². The van der Waals surface area contributed by atoms with Crippen molar-refractivity contribution >= 4 is 17.3 Å². The number of morpholine rings is 1. The second kappa shape index (κ2) is 7.93. The number of benzene rings is 2. The highest BCUT2D eigenvalue weighted by molar-refractivity contribution is 5.91. The SMILES string of the molecule is O=C(CCc1cccc(F)c1)Nc1cccc(N2CCOCC2)c1. The van der Waals surface area contributed by atoms with E-state index in [2.05, 4.69) is 10.2 Å². The summed E-state index contributed by atoms with van der Waals surface area (Å²) in [4.78, 5) is 14.4. The van der Waals surface area contributed by atoms with E-state index in [9.17, 15) is 9.18 Å². The zero-order valence-corrected chi connectivity index (χ0v) is 13.5. The van der Waals surface area contributed by atoms with Crippen LogP contribution in [0.3, 0.4) is 0 Å². The number of rotatable bonds is 5. The summed E-state index contributed by atoms with van der Waals surface area (Å²) < 4.78 is 18.5. The van der Waals surface area contributed by atoms with Crippen LogP contribution >= 0.6 is 0 Å². The number of halogens is 1. The molecular weight excluding hydrogens is 307 g/mol. The molecule has 1 fully saturated rings. The normalized spacial score (nSPS) is 14.5. The summed E-state index contributed by atoms with van der Waals surface area (Å²) in [5.74, 6) is -0.343. The lowest BCUT2D eigenvalue weighted by Gasteiger charge is -2.29. The standard InChI is InChI=1S/C19H21FN2O2/c20-16-4-1-3-15(13-16)7-8-19(23)21-17-5-2-6-18(14-17)22-9-11-24-12-10-22/h1-6,13-14H,7-12H2,(H,21,23). The molecule has 0 saturated carbocycles. The Morgan fingerprint density at radius 2 is 1.92 bits per heavy atom. The maximum absolute atomic E-state index is 13.1. The number of carbonyl (C=O) groups excluding carboxylic acids is 1. The third-order valence-corrected chi connectivity index (χ3v) is 4.04. The number of nitrogens with zero attached hydrogens (tertiary/aromatic N) is 1. The van der Waals surface area contributed by atoms with Gasteiger partial charge >= 0.3 is 0 Å². The van der Waals surface area contributed by atoms with Crippen LogP contribution in [0.2, 0.25) is 0 Å². The van der Waals surface area contributed by atoms with Crippen molar-refractivity contribution in [2.45, 2.75) is 12.8 Å². The van der Waals surface area contributed by atoms with Gasteiger partial charge in [-0.2, -0.15) is 0 Å². The first-order valence-electron chi connectivity index (χ1n) is 8.18. The van der Waals surface area contributed by atoms with Crippen LogP contribution in [-0.2, 0) is 16.0 Å². The minimum atomic E-state index is -0.272. The van der Waals surface area contributed by atoms with E-state index in [1.807, 2.05) is 30.3 Å². The van der Waals surface area contributed by atoms with Crippen molar-refractivity contribution in [2.24, 2.45) is 0 Å². The smallest absolute Gasteiger partial charge is 0.224 e. The molecule has 5 heteroatoms. The highest BCUT2D eigenvalue weighted by Crippen LogP contribution is 2.20. The fourth-order valence-corrected chi connectivity index (χ4v) is 2.78. The minimum absolute atomic E-state index is 0.0709. The first-order valence-corrected chi connectivity index (χ1v) is 8.18. The first kappa shape index (κ1) is 16.5. The molecule has 0 aromatic heterocycles. The molecule has 4 nitrogen and oxygen atoms in total. The van der Waals surface area contributed by atoms with Crippen LogP contribution in [0.1, 0.15) is 12.0 Å². The second-order valence-electron chi connectivity index (χ2n) is 5.83. The van der Waals surface area contributed by atoms with Gasteiger partial charge in [0.1, 0.15) is 5.82 Å². The van der Waals surface area contributed by atoms with Gasteiger partial charge in [0.2, 0.25) is 5.91 Å². The summed E-state index contributed by atoms with van der Waals surface area (Å²) in [6.07, 6.45) is 0.845. The van der Waals surface area contributed by atoms with Crippen LogP contribution in [0, 0.1) is 5.82 Å². The van der Waals surface area contributed by atoms with Gasteiger partial charge in [0.25, 0.3) is 0 Å². The van der Waals surface area contributed by atoms with Crippen LogP contribution in [0.15, 0.2) is 48.5 Å². The van der Waals surface area contributed by atoms with Gasteiger partial charge in [-0.25, -0.2) is 4.39 Å². The molecule has 24 heavy (non-hydrogen) atoms. The van der Waals surface area contributed by atoms with Crippen LogP contribution in [0.25, 0.3) is 0 Å². The molecule has 3 rings (SSSR count). The lowest BCUT2D eigenvalue weighted by atomic mass is 10.1. The fraction of sp³-hybridized carbons (Fsp3) is 0.316. The van der Waals surface area contributed by atoms with Gasteiger partial charge < -0.3 is 15.0 Å². The molecule has 0 aliphatic carbocycles. The molecule has 0 bridgehead atoms.